The van der Waals surface area contributed by atoms with Crippen LogP contribution < -0.4 is 0 Å². The fraction of sp³-hybridized carbons (Fsp3) is 1.00. The predicted molar refractivity (Wildman–Crippen MR) is 51.3 cm³/mol. The third kappa shape index (κ3) is 1.99. The zero-order valence-corrected chi connectivity index (χ0v) is 8.71. The van der Waals surface area contributed by atoms with Crippen LogP contribution in [0, 0.1) is 5.92 Å². The summed E-state index contributed by atoms with van der Waals surface area (Å²) in [7, 11) is 6.16. The molecule has 0 aromatic heterocycles. The topological polar surface area (TPSA) is 12.5 Å². The zero-order chi connectivity index (χ0) is 9.14. The minimum Gasteiger partial charge on any atom is -0.381 e. The molecule has 1 saturated carbocycles. The fourth-order valence-electron chi connectivity index (χ4n) is 2.33. The monoisotopic (exact) mass is 171 g/mol. The standard InChI is InChI=1S/C10H21NO/c1-8(12-4)9-6-5-7-10(9)11(2)3/h8-10H,5-7H2,1-4H3/t8?,9-,10?/m0/s1. The van der Waals surface area contributed by atoms with Crippen LogP contribution in [-0.2, 0) is 4.74 Å². The minimum atomic E-state index is 0.417. The lowest BCUT2D eigenvalue weighted by Crippen LogP contribution is -2.37. The molecule has 0 bridgehead atoms. The van der Waals surface area contributed by atoms with Gasteiger partial charge in [-0.05, 0) is 33.9 Å². The van der Waals surface area contributed by atoms with E-state index in [4.69, 9.17) is 4.74 Å². The highest BCUT2D eigenvalue weighted by Crippen LogP contribution is 2.32. The first-order valence-electron chi connectivity index (χ1n) is 4.86. The van der Waals surface area contributed by atoms with Crippen molar-refractivity contribution in [2.45, 2.75) is 38.3 Å². The van der Waals surface area contributed by atoms with Gasteiger partial charge in [0, 0.05) is 19.1 Å². The van der Waals surface area contributed by atoms with Gasteiger partial charge in [0.25, 0.3) is 0 Å². The first-order valence-corrected chi connectivity index (χ1v) is 4.86. The second-order valence-corrected chi connectivity index (χ2v) is 4.07. The largest absolute Gasteiger partial charge is 0.381 e. The first kappa shape index (κ1) is 10.0. The van der Waals surface area contributed by atoms with Gasteiger partial charge >= 0.3 is 0 Å². The van der Waals surface area contributed by atoms with Crippen molar-refractivity contribution < 1.29 is 4.74 Å². The molecule has 12 heavy (non-hydrogen) atoms. The van der Waals surface area contributed by atoms with Crippen molar-refractivity contribution in [3.63, 3.8) is 0 Å². The van der Waals surface area contributed by atoms with Crippen LogP contribution in [0.3, 0.4) is 0 Å². The average molecular weight is 171 g/mol. The lowest BCUT2D eigenvalue weighted by atomic mass is 9.97. The number of nitrogens with zero attached hydrogens (tertiary/aromatic N) is 1. The van der Waals surface area contributed by atoms with Crippen LogP contribution >= 0.6 is 0 Å². The molecule has 0 heterocycles. The van der Waals surface area contributed by atoms with E-state index in [0.717, 1.165) is 12.0 Å². The van der Waals surface area contributed by atoms with E-state index in [-0.39, 0.29) is 0 Å². The van der Waals surface area contributed by atoms with Gasteiger partial charge in [0.1, 0.15) is 0 Å². The van der Waals surface area contributed by atoms with Crippen molar-refractivity contribution in [1.29, 1.82) is 0 Å². The minimum absolute atomic E-state index is 0.417. The molecule has 1 rings (SSSR count). The van der Waals surface area contributed by atoms with Gasteiger partial charge in [0.15, 0.2) is 0 Å². The van der Waals surface area contributed by atoms with E-state index in [1.165, 1.54) is 19.3 Å². The van der Waals surface area contributed by atoms with Crippen molar-refractivity contribution >= 4 is 0 Å². The van der Waals surface area contributed by atoms with E-state index in [1.807, 2.05) is 7.11 Å². The lowest BCUT2D eigenvalue weighted by Gasteiger charge is -2.29. The second kappa shape index (κ2) is 4.24. The zero-order valence-electron chi connectivity index (χ0n) is 8.71. The highest BCUT2D eigenvalue weighted by atomic mass is 16.5. The molecule has 0 aromatic carbocycles. The summed E-state index contributed by atoms with van der Waals surface area (Å²) in [5.41, 5.74) is 0. The Labute approximate surface area is 75.9 Å². The quantitative estimate of drug-likeness (QED) is 0.641. The molecule has 72 valence electrons. The van der Waals surface area contributed by atoms with E-state index >= 15 is 0 Å². The molecule has 3 atom stereocenters. The van der Waals surface area contributed by atoms with E-state index in [1.54, 1.807) is 0 Å². The molecule has 1 aliphatic rings. The Hall–Kier alpha value is -0.0800. The molecule has 1 fully saturated rings. The van der Waals surface area contributed by atoms with Gasteiger partial charge in [-0.3, -0.25) is 0 Å². The maximum Gasteiger partial charge on any atom is 0.0586 e. The average Bonchev–Trinajstić information content (AvgIpc) is 2.50. The third-order valence-electron chi connectivity index (χ3n) is 3.17. The second-order valence-electron chi connectivity index (χ2n) is 4.07. The third-order valence-corrected chi connectivity index (χ3v) is 3.17. The molecule has 0 aliphatic heterocycles. The van der Waals surface area contributed by atoms with Gasteiger partial charge in [0.05, 0.1) is 6.10 Å². The Morgan fingerprint density at radius 3 is 2.50 bits per heavy atom. The number of ether oxygens (including phenoxy) is 1. The van der Waals surface area contributed by atoms with Crippen LogP contribution in [0.25, 0.3) is 0 Å². The molecule has 2 heteroatoms. The van der Waals surface area contributed by atoms with Crippen molar-refractivity contribution in [3.05, 3.63) is 0 Å². The van der Waals surface area contributed by atoms with Crippen molar-refractivity contribution in [2.24, 2.45) is 5.92 Å². The summed E-state index contributed by atoms with van der Waals surface area (Å²) in [5.74, 6) is 0.741. The highest BCUT2D eigenvalue weighted by Gasteiger charge is 2.32. The molecular formula is C10H21NO. The highest BCUT2D eigenvalue weighted by molar-refractivity contribution is 4.86. The number of hydrogen-bond acceptors (Lipinski definition) is 2. The molecular weight excluding hydrogens is 150 g/mol. The number of rotatable bonds is 3. The Balaban J connectivity index is 2.51. The lowest BCUT2D eigenvalue weighted by molar-refractivity contribution is 0.0404. The normalized spacial score (nSPS) is 32.8. The summed E-state index contributed by atoms with van der Waals surface area (Å²) >= 11 is 0. The van der Waals surface area contributed by atoms with Crippen LogP contribution in [0.1, 0.15) is 26.2 Å². The summed E-state index contributed by atoms with van der Waals surface area (Å²) in [6.45, 7) is 2.19. The molecule has 0 N–H and O–H groups in total. The Morgan fingerprint density at radius 2 is 2.00 bits per heavy atom. The van der Waals surface area contributed by atoms with Crippen LogP contribution in [0.2, 0.25) is 0 Å². The molecule has 0 amide bonds. The van der Waals surface area contributed by atoms with Crippen molar-refractivity contribution in [3.8, 4) is 0 Å². The van der Waals surface area contributed by atoms with E-state index < -0.39 is 0 Å². The summed E-state index contributed by atoms with van der Waals surface area (Å²) < 4.78 is 5.39. The summed E-state index contributed by atoms with van der Waals surface area (Å²) in [6, 6.07) is 0.736. The number of hydrogen-bond donors (Lipinski definition) is 0. The Morgan fingerprint density at radius 1 is 1.33 bits per heavy atom. The van der Waals surface area contributed by atoms with Gasteiger partial charge < -0.3 is 9.64 Å². The molecule has 1 aliphatic carbocycles. The summed E-state index contributed by atoms with van der Waals surface area (Å²) in [5, 5.41) is 0. The molecule has 0 spiro atoms. The molecule has 0 radical (unpaired) electrons. The van der Waals surface area contributed by atoms with Crippen molar-refractivity contribution in [2.75, 3.05) is 21.2 Å². The van der Waals surface area contributed by atoms with Crippen molar-refractivity contribution in [1.82, 2.24) is 4.90 Å². The van der Waals surface area contributed by atoms with Gasteiger partial charge in [-0.1, -0.05) is 6.42 Å². The first-order chi connectivity index (χ1) is 5.66. The van der Waals surface area contributed by atoms with Gasteiger partial charge in [-0.25, -0.2) is 0 Å². The van der Waals surface area contributed by atoms with Crippen LogP contribution in [-0.4, -0.2) is 38.3 Å². The number of methoxy groups -OCH3 is 1. The molecule has 0 saturated heterocycles. The smallest absolute Gasteiger partial charge is 0.0586 e. The predicted octanol–water partition coefficient (Wildman–Crippen LogP) is 1.75. The SMILES string of the molecule is COC(C)[C@@H]1CCCC1N(C)C. The Bertz CT molecular complexity index is 136. The van der Waals surface area contributed by atoms with Crippen LogP contribution in [0.5, 0.6) is 0 Å². The van der Waals surface area contributed by atoms with Gasteiger partial charge in [-0.2, -0.15) is 0 Å². The van der Waals surface area contributed by atoms with Gasteiger partial charge in [0.2, 0.25) is 0 Å². The summed E-state index contributed by atoms with van der Waals surface area (Å²) in [4.78, 5) is 2.34. The molecule has 2 nitrogen and oxygen atoms in total. The molecule has 2 unspecified atom stereocenters. The maximum absolute atomic E-state index is 5.39. The van der Waals surface area contributed by atoms with E-state index in [0.29, 0.717) is 6.10 Å². The summed E-state index contributed by atoms with van der Waals surface area (Å²) in [6.07, 6.45) is 4.45. The van der Waals surface area contributed by atoms with Crippen LogP contribution in [0.15, 0.2) is 0 Å². The Kier molecular flexibility index (Phi) is 3.53. The fourth-order valence-corrected chi connectivity index (χ4v) is 2.33. The maximum atomic E-state index is 5.39. The van der Waals surface area contributed by atoms with Gasteiger partial charge in [-0.15, -0.1) is 0 Å². The molecule has 0 aromatic rings. The van der Waals surface area contributed by atoms with E-state index in [2.05, 4.69) is 25.9 Å². The van der Waals surface area contributed by atoms with E-state index in [9.17, 15) is 0 Å². The van der Waals surface area contributed by atoms with Crippen LogP contribution in [0.4, 0.5) is 0 Å².